The zero-order valence-electron chi connectivity index (χ0n) is 10.3. The highest BCUT2D eigenvalue weighted by molar-refractivity contribution is 5.78. The Hall–Kier alpha value is -0.570. The molecule has 0 aromatic heterocycles. The molecule has 0 aromatic rings. The van der Waals surface area contributed by atoms with E-state index in [9.17, 15) is 4.79 Å². The second kappa shape index (κ2) is 6.11. The van der Waals surface area contributed by atoms with Gasteiger partial charge >= 0.3 is 0 Å². The molecule has 3 nitrogen and oxygen atoms in total. The lowest BCUT2D eigenvalue weighted by Gasteiger charge is -2.33. The van der Waals surface area contributed by atoms with Crippen LogP contribution in [-0.2, 0) is 4.79 Å². The van der Waals surface area contributed by atoms with Crippen molar-refractivity contribution in [2.75, 3.05) is 20.1 Å². The Morgan fingerprint density at radius 2 is 2.07 bits per heavy atom. The van der Waals surface area contributed by atoms with Crippen LogP contribution in [0.25, 0.3) is 0 Å². The van der Waals surface area contributed by atoms with Crippen LogP contribution in [0.15, 0.2) is 0 Å². The maximum absolute atomic E-state index is 12.0. The fourth-order valence-corrected chi connectivity index (χ4v) is 2.26. The molecule has 88 valence electrons. The van der Waals surface area contributed by atoms with Gasteiger partial charge in [-0.1, -0.05) is 20.3 Å². The first-order valence-electron chi connectivity index (χ1n) is 6.15. The van der Waals surface area contributed by atoms with Gasteiger partial charge in [0.1, 0.15) is 0 Å². The van der Waals surface area contributed by atoms with Gasteiger partial charge in [-0.15, -0.1) is 0 Å². The van der Waals surface area contributed by atoms with E-state index in [1.165, 1.54) is 0 Å². The fourth-order valence-electron chi connectivity index (χ4n) is 2.26. The zero-order chi connectivity index (χ0) is 11.3. The van der Waals surface area contributed by atoms with Crippen molar-refractivity contribution in [2.24, 2.45) is 5.92 Å². The minimum absolute atomic E-state index is 0.209. The van der Waals surface area contributed by atoms with Crippen LogP contribution in [0.3, 0.4) is 0 Å². The van der Waals surface area contributed by atoms with E-state index in [0.717, 1.165) is 38.8 Å². The molecule has 1 amide bonds. The first kappa shape index (κ1) is 12.5. The summed E-state index contributed by atoms with van der Waals surface area (Å²) >= 11 is 0. The van der Waals surface area contributed by atoms with Gasteiger partial charge in [0.05, 0.1) is 0 Å². The molecule has 0 radical (unpaired) electrons. The standard InChI is InChI=1S/C12H24N2O/c1-4-5-10(2)12(15)14-8-6-11(13-3)7-9-14/h10-11,13H,4-9H2,1-3H3. The summed E-state index contributed by atoms with van der Waals surface area (Å²) in [5, 5.41) is 3.28. The van der Waals surface area contributed by atoms with Gasteiger partial charge in [-0.3, -0.25) is 4.79 Å². The summed E-state index contributed by atoms with van der Waals surface area (Å²) in [6.45, 7) is 6.05. The molecule has 0 aromatic carbocycles. The Kier molecular flexibility index (Phi) is 5.09. The number of amides is 1. The van der Waals surface area contributed by atoms with Gasteiger partial charge in [0.2, 0.25) is 5.91 Å². The second-order valence-corrected chi connectivity index (χ2v) is 4.58. The number of hydrogen-bond donors (Lipinski definition) is 1. The van der Waals surface area contributed by atoms with Crippen LogP contribution in [-0.4, -0.2) is 37.0 Å². The highest BCUT2D eigenvalue weighted by atomic mass is 16.2. The summed E-state index contributed by atoms with van der Waals surface area (Å²) in [7, 11) is 2.00. The highest BCUT2D eigenvalue weighted by Gasteiger charge is 2.24. The molecule has 0 bridgehead atoms. The number of hydrogen-bond acceptors (Lipinski definition) is 2. The molecule has 0 aliphatic carbocycles. The molecule has 0 spiro atoms. The van der Waals surface area contributed by atoms with E-state index in [2.05, 4.69) is 19.2 Å². The third-order valence-corrected chi connectivity index (χ3v) is 3.36. The van der Waals surface area contributed by atoms with E-state index in [0.29, 0.717) is 11.9 Å². The van der Waals surface area contributed by atoms with Crippen molar-refractivity contribution in [2.45, 2.75) is 45.6 Å². The molecule has 1 fully saturated rings. The van der Waals surface area contributed by atoms with E-state index in [1.54, 1.807) is 0 Å². The van der Waals surface area contributed by atoms with Crippen LogP contribution < -0.4 is 5.32 Å². The van der Waals surface area contributed by atoms with Gasteiger partial charge in [-0.25, -0.2) is 0 Å². The van der Waals surface area contributed by atoms with E-state index < -0.39 is 0 Å². The van der Waals surface area contributed by atoms with Crippen LogP contribution in [0.4, 0.5) is 0 Å². The van der Waals surface area contributed by atoms with Crippen molar-refractivity contribution in [3.05, 3.63) is 0 Å². The van der Waals surface area contributed by atoms with Gasteiger partial charge in [0.15, 0.2) is 0 Å². The number of likely N-dealkylation sites (tertiary alicyclic amines) is 1. The summed E-state index contributed by atoms with van der Waals surface area (Å²) in [4.78, 5) is 14.0. The normalized spacial score (nSPS) is 20.3. The van der Waals surface area contributed by atoms with Crippen molar-refractivity contribution in [3.8, 4) is 0 Å². The Bertz CT molecular complexity index is 198. The van der Waals surface area contributed by atoms with Gasteiger partial charge in [0, 0.05) is 25.0 Å². The second-order valence-electron chi connectivity index (χ2n) is 4.58. The number of carbonyl (C=O) groups is 1. The fraction of sp³-hybridized carbons (Fsp3) is 0.917. The monoisotopic (exact) mass is 212 g/mol. The van der Waals surface area contributed by atoms with Crippen molar-refractivity contribution in [1.82, 2.24) is 10.2 Å². The van der Waals surface area contributed by atoms with Gasteiger partial charge in [-0.05, 0) is 26.3 Å². The SMILES string of the molecule is CCCC(C)C(=O)N1CCC(NC)CC1. The van der Waals surface area contributed by atoms with E-state index in [4.69, 9.17) is 0 Å². The maximum Gasteiger partial charge on any atom is 0.225 e. The quantitative estimate of drug-likeness (QED) is 0.768. The first-order valence-corrected chi connectivity index (χ1v) is 6.15. The van der Waals surface area contributed by atoms with Crippen LogP contribution in [0, 0.1) is 5.92 Å². The number of piperidine rings is 1. The number of carbonyl (C=O) groups excluding carboxylic acids is 1. The van der Waals surface area contributed by atoms with Gasteiger partial charge < -0.3 is 10.2 Å². The highest BCUT2D eigenvalue weighted by Crippen LogP contribution is 2.15. The van der Waals surface area contributed by atoms with Crippen molar-refractivity contribution in [3.63, 3.8) is 0 Å². The minimum atomic E-state index is 0.209. The summed E-state index contributed by atoms with van der Waals surface area (Å²) in [5.41, 5.74) is 0. The van der Waals surface area contributed by atoms with Crippen molar-refractivity contribution >= 4 is 5.91 Å². The average Bonchev–Trinajstić information content (AvgIpc) is 2.28. The molecule has 1 unspecified atom stereocenters. The zero-order valence-corrected chi connectivity index (χ0v) is 10.3. The summed E-state index contributed by atoms with van der Waals surface area (Å²) in [6, 6.07) is 0.607. The maximum atomic E-state index is 12.0. The summed E-state index contributed by atoms with van der Waals surface area (Å²) in [5.74, 6) is 0.563. The molecular formula is C12H24N2O. The van der Waals surface area contributed by atoms with Crippen molar-refractivity contribution in [1.29, 1.82) is 0 Å². The Balaban J connectivity index is 2.35. The predicted molar refractivity (Wildman–Crippen MR) is 62.7 cm³/mol. The summed E-state index contributed by atoms with van der Waals surface area (Å²) in [6.07, 6.45) is 4.31. The van der Waals surface area contributed by atoms with E-state index in [-0.39, 0.29) is 5.92 Å². The molecule has 1 heterocycles. The number of nitrogens with zero attached hydrogens (tertiary/aromatic N) is 1. The molecule has 0 saturated carbocycles. The average molecular weight is 212 g/mol. The Morgan fingerprint density at radius 3 is 2.53 bits per heavy atom. The topological polar surface area (TPSA) is 32.3 Å². The lowest BCUT2D eigenvalue weighted by molar-refractivity contribution is -0.136. The van der Waals surface area contributed by atoms with E-state index >= 15 is 0 Å². The molecule has 15 heavy (non-hydrogen) atoms. The Labute approximate surface area is 93.2 Å². The third kappa shape index (κ3) is 3.49. The van der Waals surface area contributed by atoms with Crippen LogP contribution in [0.2, 0.25) is 0 Å². The molecule has 1 aliphatic heterocycles. The Morgan fingerprint density at radius 1 is 1.47 bits per heavy atom. The third-order valence-electron chi connectivity index (χ3n) is 3.36. The predicted octanol–water partition coefficient (Wildman–Crippen LogP) is 1.63. The lowest BCUT2D eigenvalue weighted by atomic mass is 10.0. The molecule has 1 aliphatic rings. The molecule has 3 heteroatoms. The van der Waals surface area contributed by atoms with Gasteiger partial charge in [-0.2, -0.15) is 0 Å². The van der Waals surface area contributed by atoms with Crippen molar-refractivity contribution < 1.29 is 4.79 Å². The smallest absolute Gasteiger partial charge is 0.225 e. The van der Waals surface area contributed by atoms with E-state index in [1.807, 2.05) is 11.9 Å². The number of nitrogens with one attached hydrogen (secondary N) is 1. The lowest BCUT2D eigenvalue weighted by Crippen LogP contribution is -2.45. The molecule has 1 N–H and O–H groups in total. The van der Waals surface area contributed by atoms with Crippen LogP contribution >= 0.6 is 0 Å². The molecule has 1 rings (SSSR count). The van der Waals surface area contributed by atoms with Gasteiger partial charge in [0.25, 0.3) is 0 Å². The first-order chi connectivity index (χ1) is 7.19. The molecule has 1 atom stereocenters. The number of rotatable bonds is 4. The minimum Gasteiger partial charge on any atom is -0.342 e. The molecular weight excluding hydrogens is 188 g/mol. The molecule has 1 saturated heterocycles. The largest absolute Gasteiger partial charge is 0.342 e. The van der Waals surface area contributed by atoms with Crippen LogP contribution in [0.5, 0.6) is 0 Å². The van der Waals surface area contributed by atoms with Crippen LogP contribution in [0.1, 0.15) is 39.5 Å². The summed E-state index contributed by atoms with van der Waals surface area (Å²) < 4.78 is 0.